The summed E-state index contributed by atoms with van der Waals surface area (Å²) in [5.74, 6) is 0.821. The monoisotopic (exact) mass is 306 g/mol. The highest BCUT2D eigenvalue weighted by molar-refractivity contribution is 9.10. The van der Waals surface area contributed by atoms with E-state index in [0.717, 1.165) is 15.9 Å². The quantitative estimate of drug-likeness (QED) is 0.926. The maximum absolute atomic E-state index is 5.28. The molecule has 18 heavy (non-hydrogen) atoms. The molecule has 2 aromatic rings. The molecule has 3 nitrogen and oxygen atoms in total. The molecule has 0 aliphatic carbocycles. The molecule has 1 unspecified atom stereocenters. The number of ether oxygens (including phenoxy) is 1. The Hall–Kier alpha value is -1.55. The molecule has 0 fully saturated rings. The normalized spacial score (nSPS) is 11.9. The summed E-state index contributed by atoms with van der Waals surface area (Å²) in [7, 11) is 1.66. The van der Waals surface area contributed by atoms with Crippen LogP contribution in [-0.4, -0.2) is 12.1 Å². The van der Waals surface area contributed by atoms with Crippen molar-refractivity contribution >= 4 is 21.6 Å². The predicted octanol–water partition coefficient (Wildman–Crippen LogP) is 4.03. The van der Waals surface area contributed by atoms with E-state index in [1.165, 1.54) is 5.56 Å². The Bertz CT molecular complexity index is 516. The molecule has 1 N–H and O–H groups in total. The summed E-state index contributed by atoms with van der Waals surface area (Å²) in [4.78, 5) is 4.02. The minimum absolute atomic E-state index is 0.221. The zero-order valence-corrected chi connectivity index (χ0v) is 11.9. The number of rotatable bonds is 4. The molecule has 1 aromatic heterocycles. The van der Waals surface area contributed by atoms with E-state index in [-0.39, 0.29) is 6.04 Å². The van der Waals surface area contributed by atoms with Crippen molar-refractivity contribution in [3.05, 3.63) is 52.8 Å². The molecule has 0 aliphatic heterocycles. The summed E-state index contributed by atoms with van der Waals surface area (Å²) in [6, 6.07) is 10.2. The molecule has 0 bridgehead atoms. The van der Waals surface area contributed by atoms with Gasteiger partial charge < -0.3 is 10.1 Å². The van der Waals surface area contributed by atoms with Gasteiger partial charge in [0.05, 0.1) is 11.6 Å². The summed E-state index contributed by atoms with van der Waals surface area (Å²) in [5, 5.41) is 3.43. The van der Waals surface area contributed by atoms with Gasteiger partial charge in [-0.05, 0) is 52.7 Å². The first-order chi connectivity index (χ1) is 8.70. The van der Waals surface area contributed by atoms with E-state index in [2.05, 4.69) is 33.2 Å². The molecule has 0 saturated heterocycles. The number of nitrogens with one attached hydrogen (secondary N) is 1. The average molecular weight is 307 g/mol. The topological polar surface area (TPSA) is 34.1 Å². The van der Waals surface area contributed by atoms with Gasteiger partial charge in [-0.25, -0.2) is 0 Å². The first-order valence-electron chi connectivity index (χ1n) is 5.70. The van der Waals surface area contributed by atoms with Gasteiger partial charge in [-0.15, -0.1) is 0 Å². The Kier molecular flexibility index (Phi) is 4.20. The van der Waals surface area contributed by atoms with Crippen molar-refractivity contribution in [2.24, 2.45) is 0 Å². The molecule has 94 valence electrons. The third-order valence-corrected chi connectivity index (χ3v) is 3.40. The lowest BCUT2D eigenvalue weighted by atomic mass is 10.1. The number of nitrogens with zero attached hydrogens (tertiary/aromatic N) is 1. The van der Waals surface area contributed by atoms with Crippen LogP contribution in [0.4, 0.5) is 5.69 Å². The van der Waals surface area contributed by atoms with Crippen LogP contribution in [0.15, 0.2) is 47.2 Å². The highest BCUT2D eigenvalue weighted by Crippen LogP contribution is 2.29. The third kappa shape index (κ3) is 3.01. The zero-order valence-electron chi connectivity index (χ0n) is 10.4. The Morgan fingerprint density at radius 1 is 1.22 bits per heavy atom. The van der Waals surface area contributed by atoms with Crippen molar-refractivity contribution in [2.75, 3.05) is 12.4 Å². The van der Waals surface area contributed by atoms with Crippen molar-refractivity contribution in [3.63, 3.8) is 0 Å². The van der Waals surface area contributed by atoms with E-state index in [0.29, 0.717) is 0 Å². The molecule has 1 aromatic carbocycles. The van der Waals surface area contributed by atoms with E-state index >= 15 is 0 Å². The van der Waals surface area contributed by atoms with Gasteiger partial charge in [-0.1, -0.05) is 0 Å². The largest absolute Gasteiger partial charge is 0.495 e. The van der Waals surface area contributed by atoms with Gasteiger partial charge in [0.1, 0.15) is 5.75 Å². The first kappa shape index (κ1) is 12.9. The fraction of sp³-hybridized carbons (Fsp3) is 0.214. The van der Waals surface area contributed by atoms with Crippen molar-refractivity contribution in [1.82, 2.24) is 4.98 Å². The number of benzene rings is 1. The second-order valence-electron chi connectivity index (χ2n) is 4.00. The van der Waals surface area contributed by atoms with Gasteiger partial charge in [-0.2, -0.15) is 0 Å². The minimum Gasteiger partial charge on any atom is -0.495 e. The Balaban J connectivity index is 2.14. The molecule has 1 heterocycles. The molecule has 4 heteroatoms. The molecule has 0 saturated carbocycles. The van der Waals surface area contributed by atoms with Crippen molar-refractivity contribution in [2.45, 2.75) is 13.0 Å². The molecule has 0 spiro atoms. The van der Waals surface area contributed by atoms with Gasteiger partial charge in [0.25, 0.3) is 0 Å². The van der Waals surface area contributed by atoms with Crippen LogP contribution in [0, 0.1) is 0 Å². The molecule has 2 rings (SSSR count). The van der Waals surface area contributed by atoms with Crippen molar-refractivity contribution in [3.8, 4) is 5.75 Å². The van der Waals surface area contributed by atoms with Crippen LogP contribution in [-0.2, 0) is 0 Å². The maximum Gasteiger partial charge on any atom is 0.135 e. The second kappa shape index (κ2) is 5.87. The van der Waals surface area contributed by atoms with E-state index < -0.39 is 0 Å². The Morgan fingerprint density at radius 2 is 1.94 bits per heavy atom. The molecule has 0 amide bonds. The summed E-state index contributed by atoms with van der Waals surface area (Å²) >= 11 is 3.44. The highest BCUT2D eigenvalue weighted by Gasteiger charge is 2.06. The molecule has 1 atom stereocenters. The number of anilines is 1. The lowest BCUT2D eigenvalue weighted by Crippen LogP contribution is -2.06. The van der Waals surface area contributed by atoms with Crippen LogP contribution in [0.5, 0.6) is 5.75 Å². The standard InChI is InChI=1S/C14H15BrN2O/c1-10(11-5-7-16-8-6-11)17-12-3-4-13(15)14(9-12)18-2/h3-10,17H,1-2H3. The Labute approximate surface area is 115 Å². The van der Waals surface area contributed by atoms with Crippen molar-refractivity contribution in [1.29, 1.82) is 0 Å². The minimum atomic E-state index is 0.221. The number of hydrogen-bond acceptors (Lipinski definition) is 3. The van der Waals surface area contributed by atoms with Crippen LogP contribution < -0.4 is 10.1 Å². The fourth-order valence-corrected chi connectivity index (χ4v) is 2.14. The average Bonchev–Trinajstić information content (AvgIpc) is 2.42. The SMILES string of the molecule is COc1cc(NC(C)c2ccncc2)ccc1Br. The number of pyridine rings is 1. The molecule has 0 radical (unpaired) electrons. The third-order valence-electron chi connectivity index (χ3n) is 2.74. The number of methoxy groups -OCH3 is 1. The van der Waals surface area contributed by atoms with E-state index in [4.69, 9.17) is 4.74 Å². The number of aromatic nitrogens is 1. The summed E-state index contributed by atoms with van der Waals surface area (Å²) < 4.78 is 6.23. The fourth-order valence-electron chi connectivity index (χ4n) is 1.74. The lowest BCUT2D eigenvalue weighted by Gasteiger charge is -2.16. The predicted molar refractivity (Wildman–Crippen MR) is 77.0 cm³/mol. The van der Waals surface area contributed by atoms with E-state index in [1.54, 1.807) is 19.5 Å². The van der Waals surface area contributed by atoms with Crippen LogP contribution in [0.25, 0.3) is 0 Å². The number of halogens is 1. The molecular weight excluding hydrogens is 292 g/mol. The van der Waals surface area contributed by atoms with Gasteiger partial charge in [0.15, 0.2) is 0 Å². The summed E-state index contributed by atoms with van der Waals surface area (Å²) in [5.41, 5.74) is 2.23. The van der Waals surface area contributed by atoms with Gasteiger partial charge >= 0.3 is 0 Å². The molecular formula is C14H15BrN2O. The second-order valence-corrected chi connectivity index (χ2v) is 4.85. The lowest BCUT2D eigenvalue weighted by molar-refractivity contribution is 0.412. The van der Waals surface area contributed by atoms with E-state index in [9.17, 15) is 0 Å². The van der Waals surface area contributed by atoms with Crippen LogP contribution in [0.3, 0.4) is 0 Å². The van der Waals surface area contributed by atoms with Gasteiger partial charge in [0.2, 0.25) is 0 Å². The van der Waals surface area contributed by atoms with Gasteiger partial charge in [-0.3, -0.25) is 4.98 Å². The van der Waals surface area contributed by atoms with Gasteiger partial charge in [0, 0.05) is 30.2 Å². The summed E-state index contributed by atoms with van der Waals surface area (Å²) in [6.45, 7) is 2.11. The Morgan fingerprint density at radius 3 is 2.61 bits per heavy atom. The van der Waals surface area contributed by atoms with Crippen LogP contribution >= 0.6 is 15.9 Å². The van der Waals surface area contributed by atoms with Crippen molar-refractivity contribution < 1.29 is 4.74 Å². The van der Waals surface area contributed by atoms with Crippen LogP contribution in [0.1, 0.15) is 18.5 Å². The highest BCUT2D eigenvalue weighted by atomic mass is 79.9. The summed E-state index contributed by atoms with van der Waals surface area (Å²) in [6.07, 6.45) is 3.60. The van der Waals surface area contributed by atoms with Crippen LogP contribution in [0.2, 0.25) is 0 Å². The smallest absolute Gasteiger partial charge is 0.135 e. The van der Waals surface area contributed by atoms with E-state index in [1.807, 2.05) is 30.3 Å². The zero-order chi connectivity index (χ0) is 13.0. The molecule has 0 aliphatic rings. The first-order valence-corrected chi connectivity index (χ1v) is 6.50. The number of hydrogen-bond donors (Lipinski definition) is 1. The maximum atomic E-state index is 5.28.